The van der Waals surface area contributed by atoms with Gasteiger partial charge in [-0.25, -0.2) is 0 Å². The van der Waals surface area contributed by atoms with Gasteiger partial charge in [-0.15, -0.1) is 0 Å². The number of hydrogen-bond donors (Lipinski definition) is 2. The van der Waals surface area contributed by atoms with E-state index >= 15 is 0 Å². The lowest BCUT2D eigenvalue weighted by molar-refractivity contribution is -0.124. The van der Waals surface area contributed by atoms with E-state index in [0.717, 1.165) is 5.76 Å². The van der Waals surface area contributed by atoms with E-state index in [0.29, 0.717) is 19.7 Å². The molecule has 0 aliphatic rings. The van der Waals surface area contributed by atoms with Crippen LogP contribution in [0.25, 0.3) is 0 Å². The maximum absolute atomic E-state index is 11.9. The number of aliphatic hydroxyl groups excluding tert-OH is 1. The van der Waals surface area contributed by atoms with Gasteiger partial charge in [-0.05, 0) is 39.4 Å². The topological polar surface area (TPSA) is 74.9 Å². The minimum Gasteiger partial charge on any atom is -0.467 e. The fourth-order valence-corrected chi connectivity index (χ4v) is 2.01. The predicted octanol–water partition coefficient (Wildman–Crippen LogP) is 1.39. The maximum atomic E-state index is 11.9. The largest absolute Gasteiger partial charge is 0.467 e. The lowest BCUT2D eigenvalue weighted by Gasteiger charge is -2.26. The first-order chi connectivity index (χ1) is 10.3. The van der Waals surface area contributed by atoms with Crippen LogP contribution in [0.5, 0.6) is 0 Å². The average molecular weight is 312 g/mol. The molecule has 0 aliphatic heterocycles. The molecule has 1 atom stereocenters. The molecule has 6 heteroatoms. The van der Waals surface area contributed by atoms with Crippen LogP contribution in [0.4, 0.5) is 0 Å². The highest BCUT2D eigenvalue weighted by molar-refractivity contribution is 5.78. The number of likely N-dealkylation sites (N-methyl/N-ethyl adjacent to an activating group) is 1. The quantitative estimate of drug-likeness (QED) is 0.721. The molecule has 0 saturated carbocycles. The number of nitrogens with zero attached hydrogens (tertiary/aromatic N) is 1. The number of aliphatic hydroxyl groups is 1. The number of ether oxygens (including phenoxy) is 1. The van der Waals surface area contributed by atoms with Gasteiger partial charge >= 0.3 is 0 Å². The lowest BCUT2D eigenvalue weighted by atomic mass is 10.1. The summed E-state index contributed by atoms with van der Waals surface area (Å²) in [5.74, 6) is 0.683. The molecule has 1 heterocycles. The Morgan fingerprint density at radius 2 is 2.23 bits per heavy atom. The van der Waals surface area contributed by atoms with E-state index < -0.39 is 6.10 Å². The third-order valence-electron chi connectivity index (χ3n) is 2.93. The van der Waals surface area contributed by atoms with Crippen molar-refractivity contribution in [3.05, 3.63) is 24.2 Å². The van der Waals surface area contributed by atoms with Crippen molar-refractivity contribution in [1.29, 1.82) is 0 Å². The molecule has 1 aromatic rings. The molecule has 0 aromatic carbocycles. The highest BCUT2D eigenvalue weighted by Crippen LogP contribution is 2.03. The van der Waals surface area contributed by atoms with E-state index in [2.05, 4.69) is 5.32 Å². The molecule has 2 N–H and O–H groups in total. The zero-order chi connectivity index (χ0) is 16.6. The molecule has 0 aliphatic carbocycles. The van der Waals surface area contributed by atoms with Gasteiger partial charge in [0.25, 0.3) is 0 Å². The second-order valence-electron chi connectivity index (χ2n) is 6.37. The highest BCUT2D eigenvalue weighted by atomic mass is 16.5. The summed E-state index contributed by atoms with van der Waals surface area (Å²) < 4.78 is 10.5. The Kier molecular flexibility index (Phi) is 7.58. The molecule has 1 amide bonds. The van der Waals surface area contributed by atoms with Crippen LogP contribution < -0.4 is 5.32 Å². The van der Waals surface area contributed by atoms with Crippen LogP contribution in [0.1, 0.15) is 33.5 Å². The fraction of sp³-hybridized carbons (Fsp3) is 0.688. The summed E-state index contributed by atoms with van der Waals surface area (Å²) in [6.07, 6.45) is 0.944. The van der Waals surface area contributed by atoms with Crippen molar-refractivity contribution in [3.8, 4) is 0 Å². The summed E-state index contributed by atoms with van der Waals surface area (Å²) in [5.41, 5.74) is -0.249. The molecule has 0 spiro atoms. The maximum Gasteiger partial charge on any atom is 0.234 e. The molecule has 0 radical (unpaired) electrons. The molecule has 1 aromatic heterocycles. The van der Waals surface area contributed by atoms with Gasteiger partial charge in [0.1, 0.15) is 12.4 Å². The van der Waals surface area contributed by atoms with Gasteiger partial charge in [0, 0.05) is 12.1 Å². The van der Waals surface area contributed by atoms with E-state index in [1.54, 1.807) is 12.3 Å². The first-order valence-corrected chi connectivity index (χ1v) is 7.61. The van der Waals surface area contributed by atoms with Crippen LogP contribution >= 0.6 is 0 Å². The molecule has 1 unspecified atom stereocenters. The van der Waals surface area contributed by atoms with E-state index in [-0.39, 0.29) is 24.6 Å². The van der Waals surface area contributed by atoms with Crippen LogP contribution in [0.3, 0.4) is 0 Å². The first kappa shape index (κ1) is 18.7. The van der Waals surface area contributed by atoms with E-state index in [1.807, 2.05) is 38.7 Å². The van der Waals surface area contributed by atoms with Crippen molar-refractivity contribution in [2.75, 3.05) is 26.2 Å². The molecule has 6 nitrogen and oxygen atoms in total. The average Bonchev–Trinajstić information content (AvgIpc) is 2.88. The van der Waals surface area contributed by atoms with Crippen molar-refractivity contribution in [3.63, 3.8) is 0 Å². The van der Waals surface area contributed by atoms with E-state index in [9.17, 15) is 9.90 Å². The Hall–Kier alpha value is -1.37. The van der Waals surface area contributed by atoms with Crippen molar-refractivity contribution < 1.29 is 19.1 Å². The number of carbonyl (C=O) groups is 1. The van der Waals surface area contributed by atoms with Crippen molar-refractivity contribution >= 4 is 5.91 Å². The molecular weight excluding hydrogens is 284 g/mol. The molecule has 0 saturated heterocycles. The van der Waals surface area contributed by atoms with Gasteiger partial charge in [0.15, 0.2) is 0 Å². The highest BCUT2D eigenvalue weighted by Gasteiger charge is 2.18. The summed E-state index contributed by atoms with van der Waals surface area (Å²) in [7, 11) is 0. The standard InChI is InChI=1S/C16H28N2O4/c1-5-18(10-15(20)17-16(2,3)4)9-13(19)11-21-12-14-7-6-8-22-14/h6-8,13,19H,5,9-12H2,1-4H3,(H,17,20). The summed E-state index contributed by atoms with van der Waals surface area (Å²) in [4.78, 5) is 13.8. The van der Waals surface area contributed by atoms with Crippen molar-refractivity contribution in [2.24, 2.45) is 0 Å². The zero-order valence-corrected chi connectivity index (χ0v) is 14.0. The summed E-state index contributed by atoms with van der Waals surface area (Å²) in [6.45, 7) is 9.68. The summed E-state index contributed by atoms with van der Waals surface area (Å²) in [6, 6.07) is 3.61. The summed E-state index contributed by atoms with van der Waals surface area (Å²) in [5, 5.41) is 12.9. The van der Waals surface area contributed by atoms with Crippen LogP contribution in [0.2, 0.25) is 0 Å². The van der Waals surface area contributed by atoms with Crippen molar-refractivity contribution in [1.82, 2.24) is 10.2 Å². The zero-order valence-electron chi connectivity index (χ0n) is 14.0. The Morgan fingerprint density at radius 1 is 1.50 bits per heavy atom. The smallest absolute Gasteiger partial charge is 0.234 e. The van der Waals surface area contributed by atoms with Gasteiger partial charge in [0.2, 0.25) is 5.91 Å². The van der Waals surface area contributed by atoms with E-state index in [4.69, 9.17) is 9.15 Å². The first-order valence-electron chi connectivity index (χ1n) is 7.61. The second kappa shape index (κ2) is 8.92. The van der Waals surface area contributed by atoms with Crippen LogP contribution in [-0.2, 0) is 16.1 Å². The molecular formula is C16H28N2O4. The Bertz CT molecular complexity index is 426. The predicted molar refractivity (Wildman–Crippen MR) is 84.4 cm³/mol. The molecule has 22 heavy (non-hydrogen) atoms. The van der Waals surface area contributed by atoms with Crippen LogP contribution in [0.15, 0.2) is 22.8 Å². The third kappa shape index (κ3) is 8.17. The van der Waals surface area contributed by atoms with E-state index in [1.165, 1.54) is 0 Å². The van der Waals surface area contributed by atoms with Gasteiger partial charge in [-0.3, -0.25) is 9.69 Å². The SMILES string of the molecule is CCN(CC(=O)NC(C)(C)C)CC(O)COCc1ccco1. The number of carbonyl (C=O) groups excluding carboxylic acids is 1. The number of rotatable bonds is 9. The fourth-order valence-electron chi connectivity index (χ4n) is 2.01. The Labute approximate surface area is 132 Å². The van der Waals surface area contributed by atoms with Gasteiger partial charge in [0.05, 0.1) is 25.5 Å². The minimum atomic E-state index is -0.641. The number of hydrogen-bond acceptors (Lipinski definition) is 5. The molecule has 126 valence electrons. The monoisotopic (exact) mass is 312 g/mol. The van der Waals surface area contributed by atoms with Crippen LogP contribution in [0, 0.1) is 0 Å². The van der Waals surface area contributed by atoms with Crippen molar-refractivity contribution in [2.45, 2.75) is 45.9 Å². The number of nitrogens with one attached hydrogen (secondary N) is 1. The Morgan fingerprint density at radius 3 is 2.77 bits per heavy atom. The normalized spacial score (nSPS) is 13.4. The lowest BCUT2D eigenvalue weighted by Crippen LogP contribution is -2.47. The number of furan rings is 1. The third-order valence-corrected chi connectivity index (χ3v) is 2.93. The minimum absolute atomic E-state index is 0.0435. The second-order valence-corrected chi connectivity index (χ2v) is 6.37. The van der Waals surface area contributed by atoms with Gasteiger partial charge < -0.3 is 19.6 Å². The number of amides is 1. The van der Waals surface area contributed by atoms with Gasteiger partial charge in [-0.1, -0.05) is 6.92 Å². The molecule has 0 bridgehead atoms. The molecule has 1 rings (SSSR count). The molecule has 0 fully saturated rings. The Balaban J connectivity index is 2.27. The van der Waals surface area contributed by atoms with Gasteiger partial charge in [-0.2, -0.15) is 0 Å². The summed E-state index contributed by atoms with van der Waals surface area (Å²) >= 11 is 0. The van der Waals surface area contributed by atoms with Crippen LogP contribution in [-0.4, -0.2) is 53.8 Å².